The first-order chi connectivity index (χ1) is 8.74. The zero-order chi connectivity index (χ0) is 12.5. The highest BCUT2D eigenvalue weighted by molar-refractivity contribution is 7.99. The van der Waals surface area contributed by atoms with Gasteiger partial charge in [0.05, 0.1) is 15.9 Å². The highest BCUT2D eigenvalue weighted by Gasteiger charge is 2.09. The zero-order valence-electron chi connectivity index (χ0n) is 9.08. The number of thiazole rings is 1. The first kappa shape index (κ1) is 11.2. The average Bonchev–Trinajstić information content (AvgIpc) is 2.82. The van der Waals surface area contributed by atoms with Crippen LogP contribution in [0.5, 0.6) is 0 Å². The zero-order valence-corrected chi connectivity index (χ0v) is 10.7. The molecule has 0 amide bonds. The van der Waals surface area contributed by atoms with Gasteiger partial charge in [0, 0.05) is 17.2 Å². The van der Waals surface area contributed by atoms with E-state index in [9.17, 15) is 4.79 Å². The van der Waals surface area contributed by atoms with Crippen LogP contribution >= 0.6 is 23.1 Å². The molecule has 3 N–H and O–H groups in total. The number of nitrogens with two attached hydrogens (primary N) is 1. The summed E-state index contributed by atoms with van der Waals surface area (Å²) in [7, 11) is 0. The maximum atomic E-state index is 11.2. The van der Waals surface area contributed by atoms with Crippen molar-refractivity contribution in [3.05, 3.63) is 40.3 Å². The number of anilines is 1. The number of aromatic nitrogens is 3. The molecule has 1 aromatic carbocycles. The summed E-state index contributed by atoms with van der Waals surface area (Å²) in [5, 5.41) is 0.517. The fourth-order valence-corrected chi connectivity index (χ4v) is 3.04. The number of benzene rings is 1. The van der Waals surface area contributed by atoms with Crippen molar-refractivity contribution >= 4 is 39.0 Å². The minimum absolute atomic E-state index is 0.180. The Morgan fingerprint density at radius 3 is 3.00 bits per heavy atom. The summed E-state index contributed by atoms with van der Waals surface area (Å²) in [6.45, 7) is 0. The molecular weight excluding hydrogens is 268 g/mol. The van der Waals surface area contributed by atoms with E-state index in [1.165, 1.54) is 24.0 Å². The summed E-state index contributed by atoms with van der Waals surface area (Å²) in [5.74, 6) is 0. The molecule has 0 fully saturated rings. The van der Waals surface area contributed by atoms with E-state index in [-0.39, 0.29) is 5.56 Å². The molecule has 3 rings (SSSR count). The molecule has 0 aliphatic rings. The van der Waals surface area contributed by atoms with Crippen molar-refractivity contribution in [3.63, 3.8) is 0 Å². The van der Waals surface area contributed by atoms with Crippen molar-refractivity contribution < 1.29 is 0 Å². The molecule has 3 aromatic rings. The first-order valence-corrected chi connectivity index (χ1v) is 6.78. The lowest BCUT2D eigenvalue weighted by Crippen LogP contribution is -2.05. The van der Waals surface area contributed by atoms with Crippen molar-refractivity contribution in [2.75, 3.05) is 5.73 Å². The second-order valence-corrected chi connectivity index (χ2v) is 5.43. The molecule has 0 atom stereocenters. The summed E-state index contributed by atoms with van der Waals surface area (Å²) in [6.07, 6.45) is 1.47. The maximum Gasteiger partial charge on any atom is 0.251 e. The number of H-pyrrole nitrogens is 1. The van der Waals surface area contributed by atoms with Gasteiger partial charge < -0.3 is 10.7 Å². The van der Waals surface area contributed by atoms with Crippen LogP contribution in [0.15, 0.2) is 44.8 Å². The maximum absolute atomic E-state index is 11.2. The van der Waals surface area contributed by atoms with Gasteiger partial charge >= 0.3 is 0 Å². The van der Waals surface area contributed by atoms with Crippen LogP contribution in [0.2, 0.25) is 0 Å². The number of rotatable bonds is 2. The van der Waals surface area contributed by atoms with Gasteiger partial charge in [-0.1, -0.05) is 0 Å². The molecule has 0 spiro atoms. The second-order valence-electron chi connectivity index (χ2n) is 3.52. The Balaban J connectivity index is 2.04. The number of aromatic amines is 1. The largest absolute Gasteiger partial charge is 0.396 e. The Hall–Kier alpha value is -1.86. The Morgan fingerprint density at radius 1 is 1.28 bits per heavy atom. The van der Waals surface area contributed by atoms with E-state index in [4.69, 9.17) is 5.73 Å². The summed E-state index contributed by atoms with van der Waals surface area (Å²) in [6, 6.07) is 5.25. The minimum Gasteiger partial charge on any atom is -0.396 e. The van der Waals surface area contributed by atoms with Crippen LogP contribution in [0.3, 0.4) is 0 Å². The average molecular weight is 276 g/mol. The number of hydrogen-bond donors (Lipinski definition) is 2. The van der Waals surface area contributed by atoms with Crippen LogP contribution in [-0.2, 0) is 0 Å². The van der Waals surface area contributed by atoms with Crippen LogP contribution in [-0.4, -0.2) is 15.0 Å². The molecular formula is C11H8N4OS2. The minimum atomic E-state index is -0.180. The molecule has 0 aliphatic carbocycles. The van der Waals surface area contributed by atoms with Crippen LogP contribution in [0, 0.1) is 0 Å². The van der Waals surface area contributed by atoms with Gasteiger partial charge in [-0.2, -0.15) is 0 Å². The Labute approximate surface area is 110 Å². The predicted octanol–water partition coefficient (Wildman–Crippen LogP) is 2.11. The third kappa shape index (κ3) is 1.98. The highest BCUT2D eigenvalue weighted by atomic mass is 32.2. The number of nitrogens with zero attached hydrogens (tertiary/aromatic N) is 2. The van der Waals surface area contributed by atoms with Gasteiger partial charge in [0.2, 0.25) is 0 Å². The molecule has 18 heavy (non-hydrogen) atoms. The molecule has 5 nitrogen and oxygen atoms in total. The first-order valence-electron chi connectivity index (χ1n) is 5.09. The van der Waals surface area contributed by atoms with Crippen molar-refractivity contribution in [2.45, 2.75) is 10.1 Å². The van der Waals surface area contributed by atoms with Gasteiger partial charge in [-0.05, 0) is 23.9 Å². The number of nitrogen functional groups attached to an aromatic ring is 1. The van der Waals surface area contributed by atoms with Crippen LogP contribution in [0.25, 0.3) is 10.2 Å². The van der Waals surface area contributed by atoms with Crippen molar-refractivity contribution in [2.24, 2.45) is 0 Å². The summed E-state index contributed by atoms with van der Waals surface area (Å²) >= 11 is 2.86. The SMILES string of the molecule is Nc1c(Sc2nccc(=O)[nH]2)ccc2scnc12. The van der Waals surface area contributed by atoms with Gasteiger partial charge in [-0.15, -0.1) is 11.3 Å². The molecule has 90 valence electrons. The highest BCUT2D eigenvalue weighted by Crippen LogP contribution is 2.34. The Kier molecular flexibility index (Phi) is 2.77. The van der Waals surface area contributed by atoms with Crippen molar-refractivity contribution in [1.82, 2.24) is 15.0 Å². The van der Waals surface area contributed by atoms with E-state index in [2.05, 4.69) is 15.0 Å². The van der Waals surface area contributed by atoms with Gasteiger partial charge in [-0.3, -0.25) is 4.79 Å². The second kappa shape index (κ2) is 4.43. The van der Waals surface area contributed by atoms with Crippen LogP contribution in [0.4, 0.5) is 5.69 Å². The van der Waals surface area contributed by atoms with Gasteiger partial charge in [0.25, 0.3) is 5.56 Å². The summed E-state index contributed by atoms with van der Waals surface area (Å²) in [4.78, 5) is 23.0. The number of fused-ring (bicyclic) bond motifs is 1. The van der Waals surface area contributed by atoms with E-state index in [0.717, 1.165) is 15.1 Å². The van der Waals surface area contributed by atoms with E-state index in [1.54, 1.807) is 16.8 Å². The molecule has 2 heterocycles. The van der Waals surface area contributed by atoms with E-state index in [1.807, 2.05) is 12.1 Å². The lowest BCUT2D eigenvalue weighted by atomic mass is 10.3. The molecule has 0 saturated carbocycles. The fraction of sp³-hybridized carbons (Fsp3) is 0. The fourth-order valence-electron chi connectivity index (χ4n) is 1.53. The lowest BCUT2D eigenvalue weighted by Gasteiger charge is -2.04. The van der Waals surface area contributed by atoms with Gasteiger partial charge in [-0.25, -0.2) is 9.97 Å². The topological polar surface area (TPSA) is 84.7 Å². The summed E-state index contributed by atoms with van der Waals surface area (Å²) in [5.41, 5.74) is 9.05. The molecule has 0 radical (unpaired) electrons. The van der Waals surface area contributed by atoms with Crippen molar-refractivity contribution in [1.29, 1.82) is 0 Å². The quantitative estimate of drug-likeness (QED) is 0.553. The van der Waals surface area contributed by atoms with Crippen LogP contribution < -0.4 is 11.3 Å². The molecule has 0 unspecified atom stereocenters. The number of nitrogens with one attached hydrogen (secondary N) is 1. The monoisotopic (exact) mass is 276 g/mol. The smallest absolute Gasteiger partial charge is 0.251 e. The Morgan fingerprint density at radius 2 is 2.17 bits per heavy atom. The summed E-state index contributed by atoms with van der Waals surface area (Å²) < 4.78 is 1.05. The van der Waals surface area contributed by atoms with Crippen molar-refractivity contribution in [3.8, 4) is 0 Å². The molecule has 0 aliphatic heterocycles. The van der Waals surface area contributed by atoms with Gasteiger partial charge in [0.1, 0.15) is 5.52 Å². The predicted molar refractivity (Wildman–Crippen MR) is 73.0 cm³/mol. The molecule has 2 aromatic heterocycles. The molecule has 0 saturated heterocycles. The molecule has 7 heteroatoms. The third-order valence-corrected chi connectivity index (χ3v) is 4.13. The number of hydrogen-bond acceptors (Lipinski definition) is 6. The van der Waals surface area contributed by atoms with E-state index >= 15 is 0 Å². The van der Waals surface area contributed by atoms with E-state index in [0.29, 0.717) is 10.8 Å². The standard InChI is InChI=1S/C11H8N4OS2/c12-9-6(1-2-7-10(9)14-5-17-7)18-11-13-4-3-8(16)15-11/h1-5H,12H2,(H,13,15,16). The lowest BCUT2D eigenvalue weighted by molar-refractivity contribution is 0.937. The normalized spacial score (nSPS) is 10.9. The van der Waals surface area contributed by atoms with Crippen LogP contribution in [0.1, 0.15) is 0 Å². The third-order valence-electron chi connectivity index (χ3n) is 2.36. The van der Waals surface area contributed by atoms with Gasteiger partial charge in [0.15, 0.2) is 5.16 Å². The Bertz CT molecular complexity index is 765. The molecule has 0 bridgehead atoms. The van der Waals surface area contributed by atoms with E-state index < -0.39 is 0 Å².